The summed E-state index contributed by atoms with van der Waals surface area (Å²) in [6, 6.07) is 13.8. The zero-order valence-corrected chi connectivity index (χ0v) is 14.9. The summed E-state index contributed by atoms with van der Waals surface area (Å²) in [5, 5.41) is 7.05. The molecule has 0 fully saturated rings. The Morgan fingerprint density at radius 1 is 1.21 bits per heavy atom. The van der Waals surface area contributed by atoms with Gasteiger partial charge in [-0.2, -0.15) is 5.10 Å². The van der Waals surface area contributed by atoms with Crippen molar-refractivity contribution in [1.82, 2.24) is 0 Å². The summed E-state index contributed by atoms with van der Waals surface area (Å²) in [7, 11) is 0. The van der Waals surface area contributed by atoms with Crippen LogP contribution in [0.1, 0.15) is 24.0 Å². The summed E-state index contributed by atoms with van der Waals surface area (Å²) in [5.74, 6) is 1.23. The Bertz CT molecular complexity index is 832. The lowest BCUT2D eigenvalue weighted by molar-refractivity contribution is -0.119. The third kappa shape index (κ3) is 2.85. The predicted molar refractivity (Wildman–Crippen MR) is 100 cm³/mol. The minimum absolute atomic E-state index is 0.0648. The van der Waals surface area contributed by atoms with Crippen LogP contribution in [0.15, 0.2) is 52.5 Å². The first kappa shape index (κ1) is 15.7. The highest BCUT2D eigenvalue weighted by molar-refractivity contribution is 7.99. The van der Waals surface area contributed by atoms with E-state index in [1.807, 2.05) is 49.4 Å². The maximum absolute atomic E-state index is 12.6. The number of anilines is 1. The quantitative estimate of drug-likeness (QED) is 0.727. The highest BCUT2D eigenvalue weighted by atomic mass is 35.5. The number of thioether (sulfide) groups is 1. The molecule has 1 atom stereocenters. The van der Waals surface area contributed by atoms with Crippen LogP contribution < -0.4 is 5.01 Å². The minimum atomic E-state index is 0.0648. The smallest absolute Gasteiger partial charge is 0.248 e. The summed E-state index contributed by atoms with van der Waals surface area (Å²) in [4.78, 5) is 13.8. The van der Waals surface area contributed by atoms with Crippen LogP contribution in [-0.2, 0) is 4.79 Å². The first-order valence-electron chi connectivity index (χ1n) is 8.02. The highest BCUT2D eigenvalue weighted by Gasteiger charge is 2.33. The van der Waals surface area contributed by atoms with E-state index >= 15 is 0 Å². The molecule has 1 amide bonds. The molecule has 0 spiro atoms. The fourth-order valence-electron chi connectivity index (χ4n) is 3.18. The number of hydrazone groups is 1. The molecule has 0 bridgehead atoms. The Labute approximate surface area is 150 Å². The molecule has 1 unspecified atom stereocenters. The van der Waals surface area contributed by atoms with Crippen molar-refractivity contribution in [2.75, 3.05) is 10.8 Å². The van der Waals surface area contributed by atoms with E-state index in [0.29, 0.717) is 6.42 Å². The SMILES string of the molecule is Cc1ccc(N2N=C3c4ccc(Cl)cc4SCCC3CC2=O)cc1. The average molecular weight is 357 g/mol. The fraction of sp³-hybridized carbons (Fsp3) is 0.263. The number of nitrogens with zero attached hydrogens (tertiary/aromatic N) is 2. The second kappa shape index (κ2) is 6.26. The zero-order chi connectivity index (χ0) is 16.7. The standard InChI is InChI=1S/C19H17ClN2OS/c1-12-2-5-15(6-3-12)22-18(23)10-13-8-9-24-17-11-14(20)4-7-16(17)19(13)21-22/h2-7,11,13H,8-10H2,1H3. The van der Waals surface area contributed by atoms with Gasteiger partial charge in [0, 0.05) is 27.8 Å². The number of halogens is 1. The molecule has 0 aromatic heterocycles. The number of aryl methyl sites for hydroxylation is 1. The van der Waals surface area contributed by atoms with Crippen molar-refractivity contribution in [3.63, 3.8) is 0 Å². The summed E-state index contributed by atoms with van der Waals surface area (Å²) in [6.45, 7) is 2.03. The summed E-state index contributed by atoms with van der Waals surface area (Å²) in [6.07, 6.45) is 1.47. The van der Waals surface area contributed by atoms with E-state index in [-0.39, 0.29) is 11.8 Å². The van der Waals surface area contributed by atoms with E-state index < -0.39 is 0 Å². The first-order valence-corrected chi connectivity index (χ1v) is 9.39. The maximum Gasteiger partial charge on any atom is 0.248 e. The fourth-order valence-corrected chi connectivity index (χ4v) is 4.58. The van der Waals surface area contributed by atoms with Crippen molar-refractivity contribution < 1.29 is 4.79 Å². The van der Waals surface area contributed by atoms with Gasteiger partial charge in [0.05, 0.1) is 11.4 Å². The Kier molecular flexibility index (Phi) is 4.10. The Hall–Kier alpha value is -1.78. The molecule has 4 rings (SSSR count). The van der Waals surface area contributed by atoms with Crippen LogP contribution in [0.5, 0.6) is 0 Å². The lowest BCUT2D eigenvalue weighted by Crippen LogP contribution is -2.37. The van der Waals surface area contributed by atoms with E-state index in [9.17, 15) is 4.79 Å². The molecule has 0 aliphatic carbocycles. The van der Waals surface area contributed by atoms with Gasteiger partial charge in [-0.25, -0.2) is 5.01 Å². The van der Waals surface area contributed by atoms with Crippen molar-refractivity contribution in [1.29, 1.82) is 0 Å². The third-order valence-corrected chi connectivity index (χ3v) is 5.80. The van der Waals surface area contributed by atoms with Crippen LogP contribution >= 0.6 is 23.4 Å². The lowest BCUT2D eigenvalue weighted by Gasteiger charge is -2.29. The van der Waals surface area contributed by atoms with Gasteiger partial charge >= 0.3 is 0 Å². The normalized spacial score (nSPS) is 20.1. The van der Waals surface area contributed by atoms with Crippen LogP contribution in [0.25, 0.3) is 0 Å². The molecule has 0 N–H and O–H groups in total. The van der Waals surface area contributed by atoms with Crippen LogP contribution in [0.4, 0.5) is 5.69 Å². The van der Waals surface area contributed by atoms with Gasteiger partial charge in [-0.15, -0.1) is 11.8 Å². The van der Waals surface area contributed by atoms with E-state index in [4.69, 9.17) is 16.7 Å². The van der Waals surface area contributed by atoms with Crippen molar-refractivity contribution in [2.24, 2.45) is 11.0 Å². The largest absolute Gasteiger partial charge is 0.273 e. The van der Waals surface area contributed by atoms with Crippen LogP contribution in [-0.4, -0.2) is 17.4 Å². The van der Waals surface area contributed by atoms with Crippen molar-refractivity contribution in [3.8, 4) is 0 Å². The molecule has 24 heavy (non-hydrogen) atoms. The summed E-state index contributed by atoms with van der Waals surface area (Å²) >= 11 is 7.94. The number of rotatable bonds is 1. The van der Waals surface area contributed by atoms with Gasteiger partial charge < -0.3 is 0 Å². The van der Waals surface area contributed by atoms with E-state index in [2.05, 4.69) is 0 Å². The second-order valence-electron chi connectivity index (χ2n) is 6.20. The first-order chi connectivity index (χ1) is 11.6. The molecule has 5 heteroatoms. The molecule has 2 aliphatic rings. The average Bonchev–Trinajstić information content (AvgIpc) is 2.73. The van der Waals surface area contributed by atoms with E-state index in [1.165, 1.54) is 5.56 Å². The van der Waals surface area contributed by atoms with Gasteiger partial charge in [0.2, 0.25) is 5.91 Å². The maximum atomic E-state index is 12.6. The molecule has 0 saturated heterocycles. The molecule has 2 aromatic rings. The molecule has 3 nitrogen and oxygen atoms in total. The number of fused-ring (bicyclic) bond motifs is 3. The predicted octanol–water partition coefficient (Wildman–Crippen LogP) is 4.90. The second-order valence-corrected chi connectivity index (χ2v) is 7.78. The Morgan fingerprint density at radius 2 is 2.00 bits per heavy atom. The zero-order valence-electron chi connectivity index (χ0n) is 13.3. The van der Waals surface area contributed by atoms with Crippen LogP contribution in [0, 0.1) is 12.8 Å². The molecule has 2 heterocycles. The van der Waals surface area contributed by atoms with Crippen molar-refractivity contribution in [3.05, 3.63) is 58.6 Å². The Balaban J connectivity index is 1.81. The number of hydrogen-bond acceptors (Lipinski definition) is 3. The number of amides is 1. The molecular weight excluding hydrogens is 340 g/mol. The van der Waals surface area contributed by atoms with E-state index in [0.717, 1.165) is 39.1 Å². The monoisotopic (exact) mass is 356 g/mol. The van der Waals surface area contributed by atoms with Gasteiger partial charge in [0.15, 0.2) is 0 Å². The number of benzene rings is 2. The van der Waals surface area contributed by atoms with Crippen LogP contribution in [0.3, 0.4) is 0 Å². The topological polar surface area (TPSA) is 32.7 Å². The van der Waals surface area contributed by atoms with Gasteiger partial charge in [0.25, 0.3) is 0 Å². The number of carbonyl (C=O) groups excluding carboxylic acids is 1. The molecule has 122 valence electrons. The van der Waals surface area contributed by atoms with Crippen molar-refractivity contribution in [2.45, 2.75) is 24.7 Å². The molecule has 0 radical (unpaired) electrons. The number of hydrogen-bond donors (Lipinski definition) is 0. The van der Waals surface area contributed by atoms with Gasteiger partial charge in [0.1, 0.15) is 0 Å². The van der Waals surface area contributed by atoms with Gasteiger partial charge in [-0.1, -0.05) is 35.4 Å². The molecular formula is C19H17ClN2OS. The molecule has 0 saturated carbocycles. The summed E-state index contributed by atoms with van der Waals surface area (Å²) < 4.78 is 0. The lowest BCUT2D eigenvalue weighted by atomic mass is 9.90. The molecule has 2 aromatic carbocycles. The van der Waals surface area contributed by atoms with E-state index in [1.54, 1.807) is 16.8 Å². The summed E-state index contributed by atoms with van der Waals surface area (Å²) in [5.41, 5.74) is 4.10. The number of carbonyl (C=O) groups is 1. The highest BCUT2D eigenvalue weighted by Crippen LogP contribution is 2.37. The third-order valence-electron chi connectivity index (χ3n) is 4.47. The minimum Gasteiger partial charge on any atom is -0.273 e. The Morgan fingerprint density at radius 3 is 2.79 bits per heavy atom. The van der Waals surface area contributed by atoms with Gasteiger partial charge in [-0.05, 0) is 43.4 Å². The van der Waals surface area contributed by atoms with Crippen molar-refractivity contribution >= 4 is 40.7 Å². The molecule has 2 aliphatic heterocycles. The van der Waals surface area contributed by atoms with Gasteiger partial charge in [-0.3, -0.25) is 4.79 Å². The van der Waals surface area contributed by atoms with Crippen LogP contribution in [0.2, 0.25) is 5.02 Å².